The molecule has 3 heteroatoms. The van der Waals surface area contributed by atoms with E-state index >= 15 is 0 Å². The lowest BCUT2D eigenvalue weighted by molar-refractivity contribution is -0.121. The van der Waals surface area contributed by atoms with Crippen molar-refractivity contribution in [1.29, 1.82) is 0 Å². The Bertz CT molecular complexity index is 484. The normalized spacial score (nSPS) is 11.1. The summed E-state index contributed by atoms with van der Waals surface area (Å²) in [5.74, 6) is 0.150. The first-order valence-corrected chi connectivity index (χ1v) is 11.1. The smallest absolute Gasteiger partial charge is 0.220 e. The molecule has 1 amide bonds. The molecule has 0 aromatic carbocycles. The second kappa shape index (κ2) is 17.8. The summed E-state index contributed by atoms with van der Waals surface area (Å²) in [6, 6.07) is 3.88. The molecule has 1 aromatic rings. The standard InChI is InChI=1S/C24H40N2O/c1-2-3-4-5-6-7-8-9-10-11-12-13-14-15-16-19-24(27)26-22-23-18-17-20-25-21-23/h9-10,17-18,20-21H,2-8,11-16,19,22H2,1H3,(H,26,27)/b10-9-. The van der Waals surface area contributed by atoms with Gasteiger partial charge in [-0.3, -0.25) is 9.78 Å². The summed E-state index contributed by atoms with van der Waals surface area (Å²) in [5, 5.41) is 2.96. The minimum Gasteiger partial charge on any atom is -0.352 e. The van der Waals surface area contributed by atoms with Crippen LogP contribution >= 0.6 is 0 Å². The number of hydrogen-bond acceptors (Lipinski definition) is 2. The minimum absolute atomic E-state index is 0.150. The van der Waals surface area contributed by atoms with Crippen LogP contribution in [0.5, 0.6) is 0 Å². The summed E-state index contributed by atoms with van der Waals surface area (Å²) in [4.78, 5) is 15.9. The van der Waals surface area contributed by atoms with Crippen molar-refractivity contribution >= 4 is 5.91 Å². The molecule has 1 N–H and O–H groups in total. The van der Waals surface area contributed by atoms with Gasteiger partial charge in [0.1, 0.15) is 0 Å². The third kappa shape index (κ3) is 15.1. The van der Waals surface area contributed by atoms with E-state index in [9.17, 15) is 4.79 Å². The first kappa shape index (κ1) is 23.4. The predicted octanol–water partition coefficient (Wildman–Crippen LogP) is 6.74. The molecule has 0 saturated heterocycles. The molecule has 152 valence electrons. The number of pyridine rings is 1. The molecular formula is C24H40N2O. The van der Waals surface area contributed by atoms with Crippen LogP contribution in [0.3, 0.4) is 0 Å². The predicted molar refractivity (Wildman–Crippen MR) is 116 cm³/mol. The Morgan fingerprint density at radius 3 is 2.19 bits per heavy atom. The van der Waals surface area contributed by atoms with Gasteiger partial charge in [0.25, 0.3) is 0 Å². The number of hydrogen-bond donors (Lipinski definition) is 1. The lowest BCUT2D eigenvalue weighted by Gasteiger charge is -2.05. The number of unbranched alkanes of at least 4 members (excludes halogenated alkanes) is 11. The average molecular weight is 373 g/mol. The Labute approximate surface area is 167 Å². The molecule has 0 saturated carbocycles. The van der Waals surface area contributed by atoms with Crippen LogP contribution in [0.2, 0.25) is 0 Å². The quantitative estimate of drug-likeness (QED) is 0.243. The molecule has 1 aromatic heterocycles. The Kier molecular flexibility index (Phi) is 15.4. The first-order valence-electron chi connectivity index (χ1n) is 11.1. The highest BCUT2D eigenvalue weighted by atomic mass is 16.1. The Morgan fingerprint density at radius 1 is 0.926 bits per heavy atom. The summed E-state index contributed by atoms with van der Waals surface area (Å²) >= 11 is 0. The van der Waals surface area contributed by atoms with Gasteiger partial charge in [0, 0.05) is 25.4 Å². The zero-order valence-electron chi connectivity index (χ0n) is 17.4. The van der Waals surface area contributed by atoms with Crippen molar-refractivity contribution in [3.8, 4) is 0 Å². The molecule has 0 spiro atoms. The Morgan fingerprint density at radius 2 is 1.56 bits per heavy atom. The number of nitrogens with one attached hydrogen (secondary N) is 1. The molecule has 3 nitrogen and oxygen atoms in total. The van der Waals surface area contributed by atoms with Gasteiger partial charge in [0.15, 0.2) is 0 Å². The molecule has 0 fully saturated rings. The highest BCUT2D eigenvalue weighted by Crippen LogP contribution is 2.10. The van der Waals surface area contributed by atoms with Gasteiger partial charge in [0.2, 0.25) is 5.91 Å². The van der Waals surface area contributed by atoms with Gasteiger partial charge < -0.3 is 5.32 Å². The fourth-order valence-electron chi connectivity index (χ4n) is 3.15. The average Bonchev–Trinajstić information content (AvgIpc) is 2.70. The van der Waals surface area contributed by atoms with E-state index < -0.39 is 0 Å². The van der Waals surface area contributed by atoms with Crippen LogP contribution in [0, 0.1) is 0 Å². The third-order valence-electron chi connectivity index (χ3n) is 4.88. The molecule has 27 heavy (non-hydrogen) atoms. The van der Waals surface area contributed by atoms with Crippen molar-refractivity contribution in [2.45, 2.75) is 103 Å². The zero-order chi connectivity index (χ0) is 19.4. The van der Waals surface area contributed by atoms with Crippen LogP contribution < -0.4 is 5.32 Å². The van der Waals surface area contributed by atoms with E-state index in [1.54, 1.807) is 12.4 Å². The van der Waals surface area contributed by atoms with Crippen molar-refractivity contribution in [3.05, 3.63) is 42.2 Å². The molecule has 0 aliphatic rings. The van der Waals surface area contributed by atoms with Crippen molar-refractivity contribution in [2.24, 2.45) is 0 Å². The number of rotatable bonds is 17. The van der Waals surface area contributed by atoms with E-state index in [2.05, 4.69) is 29.4 Å². The molecule has 0 aliphatic carbocycles. The number of carbonyl (C=O) groups excluding carboxylic acids is 1. The maximum absolute atomic E-state index is 11.8. The van der Waals surface area contributed by atoms with E-state index in [1.807, 2.05) is 12.1 Å². The topological polar surface area (TPSA) is 42.0 Å². The summed E-state index contributed by atoms with van der Waals surface area (Å²) in [7, 11) is 0. The molecule has 0 unspecified atom stereocenters. The number of allylic oxidation sites excluding steroid dienone is 2. The van der Waals surface area contributed by atoms with E-state index in [0.29, 0.717) is 13.0 Å². The van der Waals surface area contributed by atoms with Gasteiger partial charge in [-0.1, -0.05) is 76.5 Å². The van der Waals surface area contributed by atoms with Crippen LogP contribution in [-0.4, -0.2) is 10.9 Å². The highest BCUT2D eigenvalue weighted by molar-refractivity contribution is 5.75. The molecular weight excluding hydrogens is 332 g/mol. The van der Waals surface area contributed by atoms with Crippen molar-refractivity contribution < 1.29 is 4.79 Å². The van der Waals surface area contributed by atoms with Crippen LogP contribution in [0.4, 0.5) is 0 Å². The van der Waals surface area contributed by atoms with Crippen LogP contribution in [0.15, 0.2) is 36.7 Å². The lowest BCUT2D eigenvalue weighted by atomic mass is 10.1. The van der Waals surface area contributed by atoms with Crippen molar-refractivity contribution in [2.75, 3.05) is 0 Å². The zero-order valence-corrected chi connectivity index (χ0v) is 17.4. The number of amides is 1. The van der Waals surface area contributed by atoms with Gasteiger partial charge in [-0.2, -0.15) is 0 Å². The van der Waals surface area contributed by atoms with E-state index in [-0.39, 0.29) is 5.91 Å². The Hall–Kier alpha value is -1.64. The maximum atomic E-state index is 11.8. The highest BCUT2D eigenvalue weighted by Gasteiger charge is 2.01. The van der Waals surface area contributed by atoms with Gasteiger partial charge in [-0.15, -0.1) is 0 Å². The maximum Gasteiger partial charge on any atom is 0.220 e. The van der Waals surface area contributed by atoms with Gasteiger partial charge in [-0.05, 0) is 43.7 Å². The monoisotopic (exact) mass is 372 g/mol. The van der Waals surface area contributed by atoms with E-state index in [1.165, 1.54) is 70.6 Å². The molecule has 0 aliphatic heterocycles. The van der Waals surface area contributed by atoms with Crippen molar-refractivity contribution in [1.82, 2.24) is 10.3 Å². The van der Waals surface area contributed by atoms with E-state index in [0.717, 1.165) is 18.4 Å². The van der Waals surface area contributed by atoms with Gasteiger partial charge in [-0.25, -0.2) is 0 Å². The summed E-state index contributed by atoms with van der Waals surface area (Å²) in [6.07, 6.45) is 25.6. The molecule has 1 rings (SSSR count). The van der Waals surface area contributed by atoms with E-state index in [4.69, 9.17) is 0 Å². The number of aromatic nitrogens is 1. The van der Waals surface area contributed by atoms with Crippen LogP contribution in [0.25, 0.3) is 0 Å². The molecule has 0 radical (unpaired) electrons. The second-order valence-electron chi connectivity index (χ2n) is 7.47. The minimum atomic E-state index is 0.150. The Balaban J connectivity index is 1.82. The third-order valence-corrected chi connectivity index (χ3v) is 4.88. The van der Waals surface area contributed by atoms with Crippen LogP contribution in [0.1, 0.15) is 102 Å². The molecule has 0 bridgehead atoms. The van der Waals surface area contributed by atoms with Gasteiger partial charge >= 0.3 is 0 Å². The summed E-state index contributed by atoms with van der Waals surface area (Å²) < 4.78 is 0. The van der Waals surface area contributed by atoms with Gasteiger partial charge in [0.05, 0.1) is 0 Å². The fourth-order valence-corrected chi connectivity index (χ4v) is 3.15. The number of nitrogens with zero attached hydrogens (tertiary/aromatic N) is 1. The summed E-state index contributed by atoms with van der Waals surface area (Å²) in [5.41, 5.74) is 1.05. The van der Waals surface area contributed by atoms with Crippen molar-refractivity contribution in [3.63, 3.8) is 0 Å². The molecule has 1 heterocycles. The lowest BCUT2D eigenvalue weighted by Crippen LogP contribution is -2.22. The van der Waals surface area contributed by atoms with Crippen LogP contribution in [-0.2, 0) is 11.3 Å². The largest absolute Gasteiger partial charge is 0.352 e. The molecule has 0 atom stereocenters. The summed E-state index contributed by atoms with van der Waals surface area (Å²) in [6.45, 7) is 2.85. The fraction of sp³-hybridized carbons (Fsp3) is 0.667. The number of carbonyl (C=O) groups is 1. The first-order chi connectivity index (χ1) is 13.3. The SMILES string of the molecule is CCCCCCCC/C=C\CCCCCCCC(=O)NCc1cccnc1. The second-order valence-corrected chi connectivity index (χ2v) is 7.47.